The first kappa shape index (κ1) is 19.3. The fourth-order valence-corrected chi connectivity index (χ4v) is 3.01. The number of hydrogen-bond acceptors (Lipinski definition) is 3. The lowest BCUT2D eigenvalue weighted by atomic mass is 10.1. The van der Waals surface area contributed by atoms with Crippen LogP contribution in [0.1, 0.15) is 22.8 Å². The van der Waals surface area contributed by atoms with Crippen LogP contribution < -0.4 is 5.32 Å². The minimum absolute atomic E-state index is 0.106. The molecular formula is C17H13ClF3NO2S. The molecule has 1 amide bonds. The second kappa shape index (κ2) is 7.93. The Hall–Kier alpha value is -1.99. The van der Waals surface area contributed by atoms with Crippen LogP contribution in [0.25, 0.3) is 0 Å². The van der Waals surface area contributed by atoms with E-state index in [1.807, 2.05) is 0 Å². The number of ketones is 1. The molecule has 2 rings (SSSR count). The van der Waals surface area contributed by atoms with Crippen molar-refractivity contribution in [3.05, 3.63) is 58.6 Å². The lowest BCUT2D eigenvalue weighted by Crippen LogP contribution is -2.16. The molecule has 0 spiro atoms. The van der Waals surface area contributed by atoms with Gasteiger partial charge in [-0.05, 0) is 37.3 Å². The highest BCUT2D eigenvalue weighted by molar-refractivity contribution is 8.00. The van der Waals surface area contributed by atoms with Crippen molar-refractivity contribution in [3.8, 4) is 0 Å². The predicted molar refractivity (Wildman–Crippen MR) is 92.3 cm³/mol. The number of halogens is 4. The Bertz CT molecular complexity index is 809. The number of Topliss-reactive ketones (excluding diaryl/α,β-unsaturated/α-hetero) is 1. The molecule has 0 heterocycles. The van der Waals surface area contributed by atoms with Gasteiger partial charge >= 0.3 is 6.18 Å². The second-order valence-corrected chi connectivity index (χ2v) is 6.53. The van der Waals surface area contributed by atoms with Gasteiger partial charge in [0.25, 0.3) is 0 Å². The second-order valence-electron chi connectivity index (χ2n) is 5.08. The highest BCUT2D eigenvalue weighted by Crippen LogP contribution is 2.37. The Morgan fingerprint density at radius 1 is 1.16 bits per heavy atom. The Morgan fingerprint density at radius 3 is 2.48 bits per heavy atom. The number of anilines is 1. The van der Waals surface area contributed by atoms with E-state index in [1.54, 1.807) is 24.3 Å². The minimum Gasteiger partial charge on any atom is -0.325 e. The first-order chi connectivity index (χ1) is 11.7. The molecule has 0 aliphatic carbocycles. The smallest absolute Gasteiger partial charge is 0.325 e. The Kier molecular flexibility index (Phi) is 6.13. The average Bonchev–Trinajstić information content (AvgIpc) is 2.53. The van der Waals surface area contributed by atoms with Crippen LogP contribution in [0.5, 0.6) is 0 Å². The van der Waals surface area contributed by atoms with Crippen LogP contribution in [-0.2, 0) is 11.0 Å². The fraction of sp³-hybridized carbons (Fsp3) is 0.176. The number of alkyl halides is 3. The number of nitrogens with one attached hydrogen (secondary N) is 1. The van der Waals surface area contributed by atoms with Crippen molar-refractivity contribution in [3.63, 3.8) is 0 Å². The van der Waals surface area contributed by atoms with E-state index in [9.17, 15) is 22.8 Å². The molecule has 0 fully saturated rings. The molecule has 8 heteroatoms. The van der Waals surface area contributed by atoms with Gasteiger partial charge in [-0.3, -0.25) is 9.59 Å². The molecule has 0 unspecified atom stereocenters. The molecule has 0 aliphatic heterocycles. The number of para-hydroxylation sites is 1. The van der Waals surface area contributed by atoms with Crippen LogP contribution in [0.4, 0.5) is 18.9 Å². The van der Waals surface area contributed by atoms with Crippen LogP contribution in [0.3, 0.4) is 0 Å². The van der Waals surface area contributed by atoms with Crippen molar-refractivity contribution < 1.29 is 22.8 Å². The van der Waals surface area contributed by atoms with Crippen molar-refractivity contribution in [1.29, 1.82) is 0 Å². The summed E-state index contributed by atoms with van der Waals surface area (Å²) in [7, 11) is 0. The molecule has 25 heavy (non-hydrogen) atoms. The van der Waals surface area contributed by atoms with Crippen LogP contribution >= 0.6 is 23.4 Å². The van der Waals surface area contributed by atoms with Crippen LogP contribution in [-0.4, -0.2) is 17.4 Å². The van der Waals surface area contributed by atoms with Crippen LogP contribution in [0.15, 0.2) is 47.4 Å². The standard InChI is InChI=1S/C17H13ClF3NO2S/c1-10(23)12-4-2-3-5-15(12)22-16(24)9-25-11-6-7-14(18)13(8-11)17(19,20)21/h2-8H,9H2,1H3,(H,22,24). The summed E-state index contributed by atoms with van der Waals surface area (Å²) in [5.41, 5.74) is -0.208. The average molecular weight is 388 g/mol. The summed E-state index contributed by atoms with van der Waals surface area (Å²) in [6.07, 6.45) is -4.56. The SMILES string of the molecule is CC(=O)c1ccccc1NC(=O)CSc1ccc(Cl)c(C(F)(F)F)c1. The van der Waals surface area contributed by atoms with Gasteiger partial charge in [0.15, 0.2) is 5.78 Å². The van der Waals surface area contributed by atoms with Gasteiger partial charge in [-0.2, -0.15) is 13.2 Å². The Morgan fingerprint density at radius 2 is 1.84 bits per heavy atom. The third-order valence-electron chi connectivity index (χ3n) is 3.19. The van der Waals surface area contributed by atoms with Gasteiger partial charge < -0.3 is 5.32 Å². The number of carbonyl (C=O) groups excluding carboxylic acids is 2. The summed E-state index contributed by atoms with van der Waals surface area (Å²) in [6, 6.07) is 9.99. The van der Waals surface area contributed by atoms with Crippen LogP contribution in [0, 0.1) is 0 Å². The van der Waals surface area contributed by atoms with Crippen molar-refractivity contribution in [2.24, 2.45) is 0 Å². The maximum Gasteiger partial charge on any atom is 0.417 e. The molecule has 3 nitrogen and oxygen atoms in total. The lowest BCUT2D eigenvalue weighted by Gasteiger charge is -2.11. The zero-order valence-corrected chi connectivity index (χ0v) is 14.6. The van der Waals surface area contributed by atoms with Gasteiger partial charge in [0.2, 0.25) is 5.91 Å². The number of carbonyl (C=O) groups is 2. The van der Waals surface area contributed by atoms with Gasteiger partial charge in [-0.1, -0.05) is 23.7 Å². The van der Waals surface area contributed by atoms with E-state index < -0.39 is 22.7 Å². The molecule has 0 atom stereocenters. The molecule has 2 aromatic rings. The number of rotatable bonds is 5. The van der Waals surface area contributed by atoms with E-state index in [4.69, 9.17) is 11.6 Å². The first-order valence-electron chi connectivity index (χ1n) is 7.08. The molecular weight excluding hydrogens is 375 g/mol. The summed E-state index contributed by atoms with van der Waals surface area (Å²) in [6.45, 7) is 1.38. The molecule has 0 saturated carbocycles. The van der Waals surface area contributed by atoms with Crippen molar-refractivity contribution >= 4 is 40.7 Å². The molecule has 0 saturated heterocycles. The summed E-state index contributed by atoms with van der Waals surface area (Å²) in [5, 5.41) is 2.20. The van der Waals surface area contributed by atoms with Gasteiger partial charge in [-0.15, -0.1) is 11.8 Å². The third-order valence-corrected chi connectivity index (χ3v) is 4.52. The van der Waals surface area contributed by atoms with Gasteiger partial charge in [0.1, 0.15) is 0 Å². The van der Waals surface area contributed by atoms with Gasteiger partial charge in [-0.25, -0.2) is 0 Å². The highest BCUT2D eigenvalue weighted by atomic mass is 35.5. The zero-order chi connectivity index (χ0) is 18.6. The van der Waals surface area contributed by atoms with E-state index >= 15 is 0 Å². The fourth-order valence-electron chi connectivity index (χ4n) is 2.05. The van der Waals surface area contributed by atoms with Crippen molar-refractivity contribution in [2.45, 2.75) is 18.0 Å². The third kappa shape index (κ3) is 5.24. The summed E-state index contributed by atoms with van der Waals surface area (Å²) in [5.74, 6) is -0.733. The van der Waals surface area contributed by atoms with Crippen molar-refractivity contribution in [2.75, 3.05) is 11.1 Å². The van der Waals surface area contributed by atoms with Gasteiger partial charge in [0, 0.05) is 10.5 Å². The lowest BCUT2D eigenvalue weighted by molar-refractivity contribution is -0.137. The maximum atomic E-state index is 12.8. The van der Waals surface area contributed by atoms with E-state index in [2.05, 4.69) is 5.32 Å². The van der Waals surface area contributed by atoms with Crippen molar-refractivity contribution in [1.82, 2.24) is 0 Å². The van der Waals surface area contributed by atoms with Gasteiger partial charge in [0.05, 0.1) is 22.0 Å². The normalized spacial score (nSPS) is 11.2. The monoisotopic (exact) mass is 387 g/mol. The molecule has 2 aromatic carbocycles. The minimum atomic E-state index is -4.56. The summed E-state index contributed by atoms with van der Waals surface area (Å²) in [4.78, 5) is 23.8. The topological polar surface area (TPSA) is 46.2 Å². The van der Waals surface area contributed by atoms with E-state index in [0.717, 1.165) is 23.9 Å². The zero-order valence-electron chi connectivity index (χ0n) is 13.0. The molecule has 0 bridgehead atoms. The molecule has 1 N–H and O–H groups in total. The number of amides is 1. The Labute approximate surface area is 151 Å². The van der Waals surface area contributed by atoms with E-state index in [0.29, 0.717) is 11.3 Å². The maximum absolute atomic E-state index is 12.8. The van der Waals surface area contributed by atoms with E-state index in [-0.39, 0.29) is 16.4 Å². The number of hydrogen-bond donors (Lipinski definition) is 1. The number of thioether (sulfide) groups is 1. The largest absolute Gasteiger partial charge is 0.417 e. The Balaban J connectivity index is 2.05. The molecule has 0 aliphatic rings. The molecule has 0 aromatic heterocycles. The van der Waals surface area contributed by atoms with E-state index in [1.165, 1.54) is 13.0 Å². The predicted octanol–water partition coefficient (Wildman–Crippen LogP) is 5.29. The summed E-state index contributed by atoms with van der Waals surface area (Å²) < 4.78 is 38.5. The molecule has 132 valence electrons. The number of benzene rings is 2. The first-order valence-corrected chi connectivity index (χ1v) is 8.44. The highest BCUT2D eigenvalue weighted by Gasteiger charge is 2.33. The van der Waals surface area contributed by atoms with Crippen LogP contribution in [0.2, 0.25) is 5.02 Å². The molecule has 0 radical (unpaired) electrons. The summed E-state index contributed by atoms with van der Waals surface area (Å²) >= 11 is 6.50. The quantitative estimate of drug-likeness (QED) is 0.560.